The van der Waals surface area contributed by atoms with Gasteiger partial charge in [0, 0.05) is 24.8 Å². The van der Waals surface area contributed by atoms with Crippen molar-refractivity contribution >= 4 is 5.91 Å². The lowest BCUT2D eigenvalue weighted by Gasteiger charge is -2.32. The van der Waals surface area contributed by atoms with E-state index in [1.54, 1.807) is 0 Å². The summed E-state index contributed by atoms with van der Waals surface area (Å²) >= 11 is 0. The van der Waals surface area contributed by atoms with Crippen LogP contribution >= 0.6 is 0 Å². The second-order valence-corrected chi connectivity index (χ2v) is 7.17. The third kappa shape index (κ3) is 3.21. The van der Waals surface area contributed by atoms with Gasteiger partial charge in [0.2, 0.25) is 5.91 Å². The average molecular weight is 340 g/mol. The molecule has 5 nitrogen and oxygen atoms in total. The lowest BCUT2D eigenvalue weighted by Crippen LogP contribution is -2.40. The number of nitrogens with zero attached hydrogens (tertiary/aromatic N) is 4. The van der Waals surface area contributed by atoms with Gasteiger partial charge in [-0.3, -0.25) is 14.4 Å². The molecule has 1 aromatic carbocycles. The normalized spacial score (nSPS) is 18.8. The summed E-state index contributed by atoms with van der Waals surface area (Å²) in [5.41, 5.74) is 4.45. The summed E-state index contributed by atoms with van der Waals surface area (Å²) in [6.45, 7) is 4.95. The van der Waals surface area contributed by atoms with Crippen LogP contribution in [0.1, 0.15) is 47.4 Å². The van der Waals surface area contributed by atoms with Crippen molar-refractivity contribution in [2.24, 2.45) is 7.05 Å². The highest BCUT2D eigenvalue weighted by molar-refractivity contribution is 5.84. The SMILES string of the molecule is Cc1nn(C)c(C)c1[C@H]1CCCN1C(=O)[C@@H](c1ccccc1)N(C)C. The first-order chi connectivity index (χ1) is 11.9. The van der Waals surface area contributed by atoms with Crippen LogP contribution < -0.4 is 0 Å². The van der Waals surface area contributed by atoms with E-state index in [0.717, 1.165) is 36.3 Å². The quantitative estimate of drug-likeness (QED) is 0.859. The number of benzene rings is 1. The fourth-order valence-corrected chi connectivity index (χ4v) is 4.06. The molecule has 0 saturated carbocycles. The molecule has 1 aromatic heterocycles. The van der Waals surface area contributed by atoms with E-state index in [9.17, 15) is 4.79 Å². The second kappa shape index (κ2) is 7.00. The molecule has 5 heteroatoms. The predicted molar refractivity (Wildman–Crippen MR) is 99.2 cm³/mol. The summed E-state index contributed by atoms with van der Waals surface area (Å²) < 4.78 is 1.92. The number of carbonyl (C=O) groups is 1. The molecule has 0 N–H and O–H groups in total. The Labute approximate surface area is 150 Å². The molecular formula is C20H28N4O. The van der Waals surface area contributed by atoms with Crippen LogP contribution in [0.5, 0.6) is 0 Å². The Bertz CT molecular complexity index is 751. The van der Waals surface area contributed by atoms with Crippen LogP contribution in [0.4, 0.5) is 0 Å². The highest BCUT2D eigenvalue weighted by atomic mass is 16.2. The van der Waals surface area contributed by atoms with E-state index in [-0.39, 0.29) is 18.0 Å². The minimum atomic E-state index is -0.251. The van der Waals surface area contributed by atoms with Gasteiger partial charge >= 0.3 is 0 Å². The fourth-order valence-electron chi connectivity index (χ4n) is 4.06. The molecule has 25 heavy (non-hydrogen) atoms. The van der Waals surface area contributed by atoms with E-state index in [1.807, 2.05) is 68.0 Å². The smallest absolute Gasteiger partial charge is 0.245 e. The first-order valence-electron chi connectivity index (χ1n) is 8.93. The molecule has 0 spiro atoms. The van der Waals surface area contributed by atoms with Crippen molar-refractivity contribution in [2.45, 2.75) is 38.8 Å². The van der Waals surface area contributed by atoms with Crippen molar-refractivity contribution in [1.29, 1.82) is 0 Å². The van der Waals surface area contributed by atoms with Gasteiger partial charge in [0.1, 0.15) is 6.04 Å². The van der Waals surface area contributed by atoms with Crippen LogP contribution in [-0.2, 0) is 11.8 Å². The van der Waals surface area contributed by atoms with Gasteiger partial charge in [0.15, 0.2) is 0 Å². The van der Waals surface area contributed by atoms with Crippen LogP contribution in [-0.4, -0.2) is 46.1 Å². The number of carbonyl (C=O) groups excluding carboxylic acids is 1. The summed E-state index contributed by atoms with van der Waals surface area (Å²) in [7, 11) is 5.92. The van der Waals surface area contributed by atoms with Gasteiger partial charge in [-0.1, -0.05) is 30.3 Å². The highest BCUT2D eigenvalue weighted by Gasteiger charge is 2.37. The molecule has 0 bridgehead atoms. The van der Waals surface area contributed by atoms with Crippen molar-refractivity contribution in [3.05, 3.63) is 52.8 Å². The minimum absolute atomic E-state index is 0.132. The van der Waals surface area contributed by atoms with Gasteiger partial charge in [0.25, 0.3) is 0 Å². The minimum Gasteiger partial charge on any atom is -0.334 e. The maximum Gasteiger partial charge on any atom is 0.245 e. The van der Waals surface area contributed by atoms with Gasteiger partial charge in [0.05, 0.1) is 11.7 Å². The zero-order chi connectivity index (χ0) is 18.1. The van der Waals surface area contributed by atoms with Crippen LogP contribution in [0.2, 0.25) is 0 Å². The molecule has 2 atom stereocenters. The van der Waals surface area contributed by atoms with Crippen molar-refractivity contribution in [3.63, 3.8) is 0 Å². The topological polar surface area (TPSA) is 41.4 Å². The molecular weight excluding hydrogens is 312 g/mol. The second-order valence-electron chi connectivity index (χ2n) is 7.17. The highest BCUT2D eigenvalue weighted by Crippen LogP contribution is 2.37. The van der Waals surface area contributed by atoms with Crippen molar-refractivity contribution in [1.82, 2.24) is 19.6 Å². The van der Waals surface area contributed by atoms with Crippen molar-refractivity contribution < 1.29 is 4.79 Å². The molecule has 0 aliphatic carbocycles. The largest absolute Gasteiger partial charge is 0.334 e. The van der Waals surface area contributed by atoms with E-state index in [1.165, 1.54) is 5.56 Å². The average Bonchev–Trinajstić information content (AvgIpc) is 3.13. The van der Waals surface area contributed by atoms with E-state index < -0.39 is 0 Å². The van der Waals surface area contributed by atoms with E-state index >= 15 is 0 Å². The lowest BCUT2D eigenvalue weighted by atomic mass is 10.00. The number of hydrogen-bond acceptors (Lipinski definition) is 3. The number of aryl methyl sites for hydroxylation is 2. The lowest BCUT2D eigenvalue weighted by molar-refractivity contribution is -0.137. The summed E-state index contributed by atoms with van der Waals surface area (Å²) in [5.74, 6) is 0.182. The molecule has 1 saturated heterocycles. The Balaban J connectivity index is 1.94. The number of amides is 1. The molecule has 0 unspecified atom stereocenters. The molecule has 1 fully saturated rings. The van der Waals surface area contributed by atoms with Gasteiger partial charge in [-0.05, 0) is 46.3 Å². The monoisotopic (exact) mass is 340 g/mol. The van der Waals surface area contributed by atoms with Gasteiger partial charge in [-0.25, -0.2) is 0 Å². The van der Waals surface area contributed by atoms with Crippen molar-refractivity contribution in [2.75, 3.05) is 20.6 Å². The first kappa shape index (κ1) is 17.7. The van der Waals surface area contributed by atoms with Crippen LogP contribution in [0.25, 0.3) is 0 Å². The van der Waals surface area contributed by atoms with E-state index in [0.29, 0.717) is 0 Å². The van der Waals surface area contributed by atoms with Crippen molar-refractivity contribution in [3.8, 4) is 0 Å². The number of rotatable bonds is 4. The molecule has 3 rings (SSSR count). The van der Waals surface area contributed by atoms with Crippen LogP contribution in [0, 0.1) is 13.8 Å². The Morgan fingerprint density at radius 2 is 1.92 bits per heavy atom. The fraction of sp³-hybridized carbons (Fsp3) is 0.500. The Morgan fingerprint density at radius 1 is 1.24 bits per heavy atom. The molecule has 1 aliphatic rings. The zero-order valence-electron chi connectivity index (χ0n) is 15.9. The summed E-state index contributed by atoms with van der Waals surface area (Å²) in [4.78, 5) is 17.5. The number of likely N-dealkylation sites (N-methyl/N-ethyl adjacent to an activating group) is 1. The molecule has 134 valence electrons. The first-order valence-corrected chi connectivity index (χ1v) is 8.93. The van der Waals surface area contributed by atoms with Crippen LogP contribution in [0.3, 0.4) is 0 Å². The van der Waals surface area contributed by atoms with E-state index in [4.69, 9.17) is 0 Å². The zero-order valence-corrected chi connectivity index (χ0v) is 15.9. The predicted octanol–water partition coefficient (Wildman–Crippen LogP) is 3.00. The summed E-state index contributed by atoms with van der Waals surface area (Å²) in [5, 5.41) is 4.56. The molecule has 1 aliphatic heterocycles. The number of likely N-dealkylation sites (tertiary alicyclic amines) is 1. The summed E-state index contributed by atoms with van der Waals surface area (Å²) in [6.07, 6.45) is 2.05. The summed E-state index contributed by atoms with van der Waals surface area (Å²) in [6, 6.07) is 9.93. The number of aromatic nitrogens is 2. The third-order valence-corrected chi connectivity index (χ3v) is 5.30. The maximum absolute atomic E-state index is 13.5. The molecule has 0 radical (unpaired) electrons. The molecule has 1 amide bonds. The standard InChI is InChI=1S/C20H28N4O/c1-14-18(15(2)23(5)21-14)17-12-9-13-24(17)20(25)19(22(3)4)16-10-7-6-8-11-16/h6-8,10-11,17,19H,9,12-13H2,1-5H3/t17-,19-/m1/s1. The van der Waals surface area contributed by atoms with E-state index in [2.05, 4.69) is 16.9 Å². The number of hydrogen-bond donors (Lipinski definition) is 0. The molecule has 2 heterocycles. The van der Waals surface area contributed by atoms with Gasteiger partial charge in [-0.15, -0.1) is 0 Å². The maximum atomic E-state index is 13.5. The Hall–Kier alpha value is -2.14. The van der Waals surface area contributed by atoms with Crippen LogP contribution in [0.15, 0.2) is 30.3 Å². The Kier molecular flexibility index (Phi) is 4.95. The third-order valence-electron chi connectivity index (χ3n) is 5.30. The molecule has 2 aromatic rings. The Morgan fingerprint density at radius 3 is 2.48 bits per heavy atom. The van der Waals surface area contributed by atoms with Gasteiger partial charge in [-0.2, -0.15) is 5.10 Å². The van der Waals surface area contributed by atoms with Gasteiger partial charge < -0.3 is 4.90 Å².